The summed E-state index contributed by atoms with van der Waals surface area (Å²) in [6.45, 7) is 1.49. The van der Waals surface area contributed by atoms with Crippen molar-refractivity contribution in [1.29, 1.82) is 0 Å². The highest BCUT2D eigenvalue weighted by Crippen LogP contribution is 2.21. The van der Waals surface area contributed by atoms with Gasteiger partial charge in [0, 0.05) is 12.4 Å². The molecular weight excluding hydrogens is 339 g/mol. The van der Waals surface area contributed by atoms with Crippen LogP contribution in [0.1, 0.15) is 18.5 Å². The standard InChI is InChI=1S/C17H19FN6O2/c1-12-10-23(7-8-24(12)26)22-17-19-9-14(18)16(21-17)20-15(11-25)13-5-3-2-4-6-13/h2-10,15,25-26H,11H2,1H3,(H2,19,20,21,22). The maximum Gasteiger partial charge on any atom is 0.244 e. The van der Waals surface area contributed by atoms with Crippen molar-refractivity contribution in [2.75, 3.05) is 17.3 Å². The maximum atomic E-state index is 14.1. The highest BCUT2D eigenvalue weighted by molar-refractivity contribution is 5.43. The Morgan fingerprint density at radius 2 is 2.00 bits per heavy atom. The summed E-state index contributed by atoms with van der Waals surface area (Å²) in [5.74, 6) is -0.512. The minimum absolute atomic E-state index is 0.0316. The fourth-order valence-electron chi connectivity index (χ4n) is 2.35. The zero-order chi connectivity index (χ0) is 18.5. The Kier molecular flexibility index (Phi) is 5.30. The zero-order valence-corrected chi connectivity index (χ0v) is 14.0. The predicted molar refractivity (Wildman–Crippen MR) is 93.9 cm³/mol. The van der Waals surface area contributed by atoms with E-state index < -0.39 is 11.9 Å². The number of anilines is 2. The van der Waals surface area contributed by atoms with Gasteiger partial charge in [-0.15, -0.1) is 0 Å². The number of rotatable bonds is 6. The van der Waals surface area contributed by atoms with Gasteiger partial charge < -0.3 is 10.4 Å². The third-order valence-electron chi connectivity index (χ3n) is 3.72. The van der Waals surface area contributed by atoms with E-state index in [2.05, 4.69) is 20.7 Å². The number of nitrogens with one attached hydrogen (secondary N) is 2. The van der Waals surface area contributed by atoms with Crippen LogP contribution in [0.2, 0.25) is 0 Å². The van der Waals surface area contributed by atoms with E-state index in [0.29, 0.717) is 5.70 Å². The van der Waals surface area contributed by atoms with E-state index in [4.69, 9.17) is 0 Å². The lowest BCUT2D eigenvalue weighted by Gasteiger charge is -2.25. The molecule has 0 saturated heterocycles. The van der Waals surface area contributed by atoms with E-state index in [0.717, 1.165) is 16.8 Å². The fourth-order valence-corrected chi connectivity index (χ4v) is 2.35. The van der Waals surface area contributed by atoms with Crippen LogP contribution >= 0.6 is 0 Å². The molecule has 0 spiro atoms. The van der Waals surface area contributed by atoms with Crippen LogP contribution in [0.3, 0.4) is 0 Å². The van der Waals surface area contributed by atoms with Gasteiger partial charge >= 0.3 is 0 Å². The Morgan fingerprint density at radius 1 is 1.23 bits per heavy atom. The summed E-state index contributed by atoms with van der Waals surface area (Å²) in [5.41, 5.74) is 4.25. The molecule has 26 heavy (non-hydrogen) atoms. The van der Waals surface area contributed by atoms with E-state index in [1.807, 2.05) is 30.3 Å². The first kappa shape index (κ1) is 17.6. The lowest BCUT2D eigenvalue weighted by Crippen LogP contribution is -2.27. The van der Waals surface area contributed by atoms with Crippen molar-refractivity contribution >= 4 is 11.8 Å². The molecule has 1 aliphatic rings. The number of hydrogen-bond acceptors (Lipinski definition) is 8. The van der Waals surface area contributed by atoms with Crippen LogP contribution in [0.5, 0.6) is 0 Å². The smallest absolute Gasteiger partial charge is 0.244 e. The van der Waals surface area contributed by atoms with E-state index in [1.54, 1.807) is 19.3 Å². The van der Waals surface area contributed by atoms with Crippen molar-refractivity contribution in [2.45, 2.75) is 13.0 Å². The summed E-state index contributed by atoms with van der Waals surface area (Å²) in [4.78, 5) is 8.03. The number of nitrogens with zero attached hydrogens (tertiary/aromatic N) is 4. The topological polar surface area (TPSA) is 96.8 Å². The molecule has 1 unspecified atom stereocenters. The van der Waals surface area contributed by atoms with Gasteiger partial charge in [0.15, 0.2) is 11.6 Å². The highest BCUT2D eigenvalue weighted by Gasteiger charge is 2.15. The number of hydrogen-bond donors (Lipinski definition) is 4. The molecule has 1 atom stereocenters. The highest BCUT2D eigenvalue weighted by atomic mass is 19.1. The van der Waals surface area contributed by atoms with Gasteiger partial charge in [0.05, 0.1) is 30.7 Å². The van der Waals surface area contributed by atoms with E-state index in [9.17, 15) is 14.7 Å². The van der Waals surface area contributed by atoms with Crippen LogP contribution in [0.25, 0.3) is 0 Å². The molecule has 9 heteroatoms. The van der Waals surface area contributed by atoms with Gasteiger partial charge in [-0.05, 0) is 12.5 Å². The minimum atomic E-state index is -0.632. The molecule has 0 radical (unpaired) electrons. The average Bonchev–Trinajstić information content (AvgIpc) is 2.66. The number of aliphatic hydroxyl groups excluding tert-OH is 1. The Bertz CT molecular complexity index is 814. The molecule has 1 aliphatic heterocycles. The van der Waals surface area contributed by atoms with Crippen LogP contribution in [0.4, 0.5) is 16.2 Å². The molecule has 2 aromatic rings. The minimum Gasteiger partial charge on any atom is -0.394 e. The molecule has 4 N–H and O–H groups in total. The van der Waals surface area contributed by atoms with Gasteiger partial charge in [-0.25, -0.2) is 14.4 Å². The number of halogens is 1. The Hall–Kier alpha value is -3.17. The molecule has 8 nitrogen and oxygen atoms in total. The Balaban J connectivity index is 1.76. The number of aromatic nitrogens is 2. The summed E-state index contributed by atoms with van der Waals surface area (Å²) in [6, 6.07) is 8.70. The molecule has 0 amide bonds. The zero-order valence-electron chi connectivity index (χ0n) is 14.0. The monoisotopic (exact) mass is 358 g/mol. The number of hydroxylamine groups is 2. The Labute approximate surface area is 149 Å². The van der Waals surface area contributed by atoms with Gasteiger partial charge in [0.25, 0.3) is 0 Å². The lowest BCUT2D eigenvalue weighted by atomic mass is 10.1. The fraction of sp³-hybridized carbons (Fsp3) is 0.176. The molecule has 0 aliphatic carbocycles. The van der Waals surface area contributed by atoms with Gasteiger partial charge in [-0.1, -0.05) is 30.3 Å². The molecule has 0 bridgehead atoms. The van der Waals surface area contributed by atoms with Crippen LogP contribution in [-0.2, 0) is 0 Å². The number of hydrazine groups is 1. The number of benzene rings is 1. The number of aliphatic hydroxyl groups is 1. The summed E-state index contributed by atoms with van der Waals surface area (Å²) in [7, 11) is 0. The van der Waals surface area contributed by atoms with Crippen molar-refractivity contribution < 1.29 is 14.7 Å². The third-order valence-corrected chi connectivity index (χ3v) is 3.72. The van der Waals surface area contributed by atoms with E-state index in [-0.39, 0.29) is 18.4 Å². The van der Waals surface area contributed by atoms with Crippen LogP contribution in [-0.4, -0.2) is 37.0 Å². The van der Waals surface area contributed by atoms with Crippen LogP contribution in [0.15, 0.2) is 60.8 Å². The number of allylic oxidation sites excluding steroid dienone is 1. The lowest BCUT2D eigenvalue weighted by molar-refractivity contribution is -0.00916. The van der Waals surface area contributed by atoms with Crippen LogP contribution in [0, 0.1) is 5.82 Å². The average molecular weight is 358 g/mol. The second kappa shape index (κ2) is 7.81. The molecule has 1 aromatic heterocycles. The first-order valence-corrected chi connectivity index (χ1v) is 7.91. The van der Waals surface area contributed by atoms with E-state index in [1.165, 1.54) is 11.2 Å². The summed E-state index contributed by atoms with van der Waals surface area (Å²) < 4.78 is 14.1. The van der Waals surface area contributed by atoms with Crippen molar-refractivity contribution in [3.8, 4) is 0 Å². The summed E-state index contributed by atoms with van der Waals surface area (Å²) in [5, 5.41) is 24.5. The molecule has 0 fully saturated rings. The van der Waals surface area contributed by atoms with Crippen molar-refractivity contribution in [2.24, 2.45) is 0 Å². The van der Waals surface area contributed by atoms with Gasteiger partial charge in [-0.3, -0.25) is 15.6 Å². The van der Waals surface area contributed by atoms with Gasteiger partial charge in [0.1, 0.15) is 0 Å². The van der Waals surface area contributed by atoms with Crippen molar-refractivity contribution in [1.82, 2.24) is 20.0 Å². The Morgan fingerprint density at radius 3 is 2.69 bits per heavy atom. The quantitative estimate of drug-likeness (QED) is 0.625. The first-order valence-electron chi connectivity index (χ1n) is 7.91. The first-order chi connectivity index (χ1) is 12.6. The SMILES string of the molecule is CC1=CN(Nc2ncc(F)c(NC(CO)c3ccccc3)n2)C=CN1O. The third kappa shape index (κ3) is 4.08. The molecule has 1 aromatic carbocycles. The molecule has 2 heterocycles. The molecule has 136 valence electrons. The summed E-state index contributed by atoms with van der Waals surface area (Å²) >= 11 is 0. The van der Waals surface area contributed by atoms with Crippen molar-refractivity contribution in [3.63, 3.8) is 0 Å². The van der Waals surface area contributed by atoms with E-state index >= 15 is 0 Å². The predicted octanol–water partition coefficient (Wildman–Crippen LogP) is 2.43. The maximum absolute atomic E-state index is 14.1. The molecular formula is C17H19FN6O2. The van der Waals surface area contributed by atoms with Crippen LogP contribution < -0.4 is 10.7 Å². The second-order valence-corrected chi connectivity index (χ2v) is 5.61. The van der Waals surface area contributed by atoms with Crippen molar-refractivity contribution in [3.05, 3.63) is 72.2 Å². The van der Waals surface area contributed by atoms with Gasteiger partial charge in [-0.2, -0.15) is 4.98 Å². The van der Waals surface area contributed by atoms with Gasteiger partial charge in [0.2, 0.25) is 5.95 Å². The molecule has 3 rings (SSSR count). The largest absolute Gasteiger partial charge is 0.394 e. The second-order valence-electron chi connectivity index (χ2n) is 5.61. The summed E-state index contributed by atoms with van der Waals surface area (Å²) in [6.07, 6.45) is 5.63. The molecule has 0 saturated carbocycles. The normalized spacial score (nSPS) is 14.8.